The minimum Gasteiger partial charge on any atom is -0.497 e. The van der Waals surface area contributed by atoms with E-state index in [9.17, 15) is 9.59 Å². The summed E-state index contributed by atoms with van der Waals surface area (Å²) in [6.07, 6.45) is 2.27. The smallest absolute Gasteiger partial charge is 0.245 e. The Balaban J connectivity index is 2.12. The van der Waals surface area contributed by atoms with Crippen molar-refractivity contribution in [2.24, 2.45) is 5.73 Å². The van der Waals surface area contributed by atoms with Crippen molar-refractivity contribution in [3.8, 4) is 5.75 Å². The van der Waals surface area contributed by atoms with Gasteiger partial charge in [0.05, 0.1) is 7.11 Å². The van der Waals surface area contributed by atoms with Gasteiger partial charge < -0.3 is 20.7 Å². The third kappa shape index (κ3) is 4.96. The van der Waals surface area contributed by atoms with Crippen LogP contribution in [0.3, 0.4) is 0 Å². The lowest BCUT2D eigenvalue weighted by molar-refractivity contribution is -0.137. The Morgan fingerprint density at radius 3 is 2.91 bits per heavy atom. The summed E-state index contributed by atoms with van der Waals surface area (Å²) in [6.45, 7) is 2.67. The van der Waals surface area contributed by atoms with Crippen molar-refractivity contribution >= 4 is 11.8 Å². The molecule has 0 aromatic heterocycles. The number of ether oxygens (including phenoxy) is 1. The number of rotatable bonds is 5. The second-order valence-electron chi connectivity index (χ2n) is 6.00. The molecule has 23 heavy (non-hydrogen) atoms. The van der Waals surface area contributed by atoms with Gasteiger partial charge in [-0.3, -0.25) is 9.59 Å². The van der Waals surface area contributed by atoms with E-state index in [1.54, 1.807) is 12.0 Å². The molecule has 0 spiro atoms. The van der Waals surface area contributed by atoms with Crippen LogP contribution in [0.4, 0.5) is 0 Å². The van der Waals surface area contributed by atoms with Crippen molar-refractivity contribution < 1.29 is 14.3 Å². The largest absolute Gasteiger partial charge is 0.497 e. The van der Waals surface area contributed by atoms with Crippen molar-refractivity contribution in [3.63, 3.8) is 0 Å². The van der Waals surface area contributed by atoms with Gasteiger partial charge in [0.1, 0.15) is 11.8 Å². The number of hydrogen-bond acceptors (Lipinski definition) is 4. The first-order chi connectivity index (χ1) is 11.0. The topological polar surface area (TPSA) is 84.7 Å². The number of hydrogen-bond donors (Lipinski definition) is 2. The number of piperidine rings is 1. The number of nitrogens with two attached hydrogens (primary N) is 1. The first kappa shape index (κ1) is 17.3. The van der Waals surface area contributed by atoms with E-state index in [4.69, 9.17) is 10.5 Å². The van der Waals surface area contributed by atoms with Gasteiger partial charge in [-0.25, -0.2) is 0 Å². The number of nitrogens with one attached hydrogen (secondary N) is 1. The molecule has 1 aliphatic rings. The number of carbonyl (C=O) groups excluding carboxylic acids is 2. The summed E-state index contributed by atoms with van der Waals surface area (Å²) in [6, 6.07) is 6.96. The molecule has 1 aromatic rings. The van der Waals surface area contributed by atoms with Crippen LogP contribution in [-0.4, -0.2) is 49.0 Å². The lowest BCUT2D eigenvalue weighted by Gasteiger charge is -2.33. The maximum Gasteiger partial charge on any atom is 0.245 e. The van der Waals surface area contributed by atoms with Gasteiger partial charge in [-0.05, 0) is 30.5 Å². The zero-order valence-electron chi connectivity index (χ0n) is 13.7. The highest BCUT2D eigenvalue weighted by Gasteiger charge is 2.28. The Kier molecular flexibility index (Phi) is 5.98. The summed E-state index contributed by atoms with van der Waals surface area (Å²) in [7, 11) is 1.60. The van der Waals surface area contributed by atoms with Gasteiger partial charge >= 0.3 is 0 Å². The van der Waals surface area contributed by atoms with Crippen LogP contribution >= 0.6 is 0 Å². The Morgan fingerprint density at radius 1 is 1.48 bits per heavy atom. The molecule has 0 aliphatic carbocycles. The maximum atomic E-state index is 12.8. The van der Waals surface area contributed by atoms with Crippen LogP contribution in [0.15, 0.2) is 24.3 Å². The number of methoxy groups -OCH3 is 1. The highest BCUT2D eigenvalue weighted by Crippen LogP contribution is 2.16. The normalized spacial score (nSPS) is 19.1. The molecule has 0 bridgehead atoms. The van der Waals surface area contributed by atoms with Crippen molar-refractivity contribution in [1.82, 2.24) is 10.2 Å². The van der Waals surface area contributed by atoms with E-state index >= 15 is 0 Å². The van der Waals surface area contributed by atoms with Gasteiger partial charge in [-0.2, -0.15) is 0 Å². The fourth-order valence-electron chi connectivity index (χ4n) is 2.91. The van der Waals surface area contributed by atoms with Crippen LogP contribution in [0, 0.1) is 0 Å². The first-order valence-electron chi connectivity index (χ1n) is 7.94. The zero-order valence-corrected chi connectivity index (χ0v) is 13.7. The summed E-state index contributed by atoms with van der Waals surface area (Å²) in [5, 5.41) is 2.77. The maximum absolute atomic E-state index is 12.8. The minimum absolute atomic E-state index is 0.0162. The molecule has 3 N–H and O–H groups in total. The molecule has 1 saturated heterocycles. The van der Waals surface area contributed by atoms with Crippen LogP contribution < -0.4 is 15.8 Å². The van der Waals surface area contributed by atoms with Crippen LogP contribution in [0.25, 0.3) is 0 Å². The number of amides is 2. The van der Waals surface area contributed by atoms with E-state index < -0.39 is 6.04 Å². The molecule has 126 valence electrons. The average molecular weight is 319 g/mol. The van der Waals surface area contributed by atoms with Gasteiger partial charge in [-0.15, -0.1) is 0 Å². The summed E-state index contributed by atoms with van der Waals surface area (Å²) < 4.78 is 5.21. The summed E-state index contributed by atoms with van der Waals surface area (Å²) >= 11 is 0. The van der Waals surface area contributed by atoms with E-state index in [2.05, 4.69) is 5.32 Å². The molecule has 1 fully saturated rings. The molecular formula is C17H25N3O3. The van der Waals surface area contributed by atoms with Gasteiger partial charge in [0.2, 0.25) is 11.8 Å². The molecule has 1 aliphatic heterocycles. The summed E-state index contributed by atoms with van der Waals surface area (Å²) in [4.78, 5) is 26.0. The Bertz CT molecular complexity index is 562. The first-order valence-corrected chi connectivity index (χ1v) is 7.94. The number of carbonyl (C=O) groups is 2. The van der Waals surface area contributed by atoms with Crippen molar-refractivity contribution in [1.29, 1.82) is 0 Å². The molecule has 2 atom stereocenters. The molecule has 6 nitrogen and oxygen atoms in total. The summed E-state index contributed by atoms with van der Waals surface area (Å²) in [5.41, 5.74) is 6.90. The van der Waals surface area contributed by atoms with Crippen LogP contribution in [0.1, 0.15) is 25.3 Å². The number of nitrogens with zero attached hydrogens (tertiary/aromatic N) is 1. The highest BCUT2D eigenvalue weighted by atomic mass is 16.5. The predicted octanol–water partition coefficient (Wildman–Crippen LogP) is 0.692. The molecule has 6 heteroatoms. The van der Waals surface area contributed by atoms with Crippen molar-refractivity contribution in [2.45, 2.75) is 38.3 Å². The molecule has 1 heterocycles. The fourth-order valence-corrected chi connectivity index (χ4v) is 2.91. The van der Waals surface area contributed by atoms with E-state index in [-0.39, 0.29) is 17.9 Å². The Labute approximate surface area is 137 Å². The molecule has 0 radical (unpaired) electrons. The van der Waals surface area contributed by atoms with Crippen LogP contribution in [0.5, 0.6) is 5.75 Å². The molecule has 1 aromatic carbocycles. The monoisotopic (exact) mass is 319 g/mol. The Morgan fingerprint density at radius 2 is 2.26 bits per heavy atom. The molecule has 2 rings (SSSR count). The molecule has 0 saturated carbocycles. The van der Waals surface area contributed by atoms with Gasteiger partial charge in [0, 0.05) is 32.5 Å². The average Bonchev–Trinajstić information content (AvgIpc) is 2.53. The van der Waals surface area contributed by atoms with E-state index in [0.29, 0.717) is 19.5 Å². The molecular weight excluding hydrogens is 294 g/mol. The minimum atomic E-state index is -0.579. The second-order valence-corrected chi connectivity index (χ2v) is 6.00. The second kappa shape index (κ2) is 7.97. The lowest BCUT2D eigenvalue weighted by Crippen LogP contribution is -2.54. The standard InChI is InChI=1S/C17H25N3O3/c1-12(21)19-16(10-13-5-3-7-15(9-13)23-2)17(22)20-8-4-6-14(18)11-20/h3,5,7,9,14,16H,4,6,8,10-11,18H2,1-2H3,(H,19,21). The van der Waals surface area contributed by atoms with E-state index in [1.165, 1.54) is 6.92 Å². The number of benzene rings is 1. The van der Waals surface area contributed by atoms with E-state index in [1.807, 2.05) is 24.3 Å². The fraction of sp³-hybridized carbons (Fsp3) is 0.529. The van der Waals surface area contributed by atoms with E-state index in [0.717, 1.165) is 24.2 Å². The van der Waals surface area contributed by atoms with Gasteiger partial charge in [-0.1, -0.05) is 12.1 Å². The molecule has 2 amide bonds. The SMILES string of the molecule is COc1cccc(CC(NC(C)=O)C(=O)N2CCCC(N)C2)c1. The quantitative estimate of drug-likeness (QED) is 0.836. The van der Waals surface area contributed by atoms with Gasteiger partial charge in [0.25, 0.3) is 0 Å². The van der Waals surface area contributed by atoms with Crippen molar-refractivity contribution in [2.75, 3.05) is 20.2 Å². The third-order valence-electron chi connectivity index (χ3n) is 4.02. The lowest BCUT2D eigenvalue weighted by atomic mass is 10.0. The Hall–Kier alpha value is -2.08. The predicted molar refractivity (Wildman–Crippen MR) is 88.1 cm³/mol. The van der Waals surface area contributed by atoms with Crippen molar-refractivity contribution in [3.05, 3.63) is 29.8 Å². The highest BCUT2D eigenvalue weighted by molar-refractivity contribution is 5.87. The third-order valence-corrected chi connectivity index (χ3v) is 4.02. The number of likely N-dealkylation sites (tertiary alicyclic amines) is 1. The van der Waals surface area contributed by atoms with Crippen LogP contribution in [-0.2, 0) is 16.0 Å². The van der Waals surface area contributed by atoms with Crippen LogP contribution in [0.2, 0.25) is 0 Å². The zero-order chi connectivity index (χ0) is 16.8. The summed E-state index contributed by atoms with van der Waals surface area (Å²) in [5.74, 6) is 0.447. The van der Waals surface area contributed by atoms with Gasteiger partial charge in [0.15, 0.2) is 0 Å². The molecule has 2 unspecified atom stereocenters.